The highest BCUT2D eigenvalue weighted by Crippen LogP contribution is 2.41. The molecule has 0 saturated heterocycles. The van der Waals surface area contributed by atoms with Crippen molar-refractivity contribution in [1.29, 1.82) is 0 Å². The number of anilines is 1. The van der Waals surface area contributed by atoms with Gasteiger partial charge in [-0.3, -0.25) is 0 Å². The molecule has 0 saturated carbocycles. The van der Waals surface area contributed by atoms with Crippen LogP contribution in [0.25, 0.3) is 20.4 Å². The molecule has 0 aliphatic heterocycles. The average Bonchev–Trinajstić information content (AvgIpc) is 3.28. The number of thiophene rings is 1. The number of nitrogens with zero attached hydrogens (tertiary/aromatic N) is 3. The lowest BCUT2D eigenvalue weighted by Gasteiger charge is -2.14. The molecular formula is C20H26N4OS. The molecule has 2 N–H and O–H groups in total. The van der Waals surface area contributed by atoms with Gasteiger partial charge < -0.3 is 10.4 Å². The highest BCUT2D eigenvalue weighted by molar-refractivity contribution is 7.26. The minimum atomic E-state index is 0.0112. The lowest BCUT2D eigenvalue weighted by atomic mass is 10.0. The van der Waals surface area contributed by atoms with Gasteiger partial charge in [0, 0.05) is 11.1 Å². The summed E-state index contributed by atoms with van der Waals surface area (Å²) in [7, 11) is 0. The van der Waals surface area contributed by atoms with Crippen molar-refractivity contribution in [1.82, 2.24) is 15.0 Å². The summed E-state index contributed by atoms with van der Waals surface area (Å²) in [6.07, 6.45) is 9.42. The Labute approximate surface area is 157 Å². The largest absolute Gasteiger partial charge is 0.394 e. The number of aliphatic hydroxyl groups excluding tert-OH is 1. The first kappa shape index (κ1) is 17.6. The van der Waals surface area contributed by atoms with E-state index in [1.807, 2.05) is 0 Å². The molecule has 0 unspecified atom stereocenters. The number of rotatable bonds is 7. The number of aliphatic hydroxyl groups is 1. The molecule has 0 aromatic carbocycles. The van der Waals surface area contributed by atoms with E-state index >= 15 is 0 Å². The van der Waals surface area contributed by atoms with Gasteiger partial charge in [-0.2, -0.15) is 0 Å². The molecule has 5 nitrogen and oxygen atoms in total. The van der Waals surface area contributed by atoms with Gasteiger partial charge >= 0.3 is 0 Å². The third-order valence-corrected chi connectivity index (χ3v) is 6.46. The van der Waals surface area contributed by atoms with Crippen molar-refractivity contribution < 1.29 is 5.11 Å². The Morgan fingerprint density at radius 2 is 2.08 bits per heavy atom. The number of hydrogen-bond acceptors (Lipinski definition) is 6. The Kier molecular flexibility index (Phi) is 5.05. The van der Waals surface area contributed by atoms with Crippen LogP contribution in [0.1, 0.15) is 56.4 Å². The molecule has 3 heterocycles. The predicted molar refractivity (Wildman–Crippen MR) is 108 cm³/mol. The summed E-state index contributed by atoms with van der Waals surface area (Å²) < 4.78 is 1.06. The molecule has 26 heavy (non-hydrogen) atoms. The second kappa shape index (κ2) is 7.45. The molecule has 0 spiro atoms. The van der Waals surface area contributed by atoms with Crippen molar-refractivity contribution in [2.24, 2.45) is 0 Å². The lowest BCUT2D eigenvalue weighted by Crippen LogP contribution is -2.23. The molecule has 1 aliphatic carbocycles. The van der Waals surface area contributed by atoms with Crippen LogP contribution in [-0.2, 0) is 19.3 Å². The van der Waals surface area contributed by atoms with Crippen LogP contribution in [0.2, 0.25) is 0 Å². The van der Waals surface area contributed by atoms with E-state index in [0.29, 0.717) is 0 Å². The number of fused-ring (bicyclic) bond motifs is 5. The molecule has 4 rings (SSSR count). The van der Waals surface area contributed by atoms with Crippen LogP contribution in [0.5, 0.6) is 0 Å². The summed E-state index contributed by atoms with van der Waals surface area (Å²) >= 11 is 1.68. The highest BCUT2D eigenvalue weighted by Gasteiger charge is 2.24. The van der Waals surface area contributed by atoms with E-state index in [0.717, 1.165) is 46.5 Å². The Hall–Kier alpha value is -1.79. The van der Waals surface area contributed by atoms with E-state index in [9.17, 15) is 5.11 Å². The summed E-state index contributed by atoms with van der Waals surface area (Å²) in [6.45, 7) is 4.39. The zero-order valence-electron chi connectivity index (χ0n) is 15.5. The van der Waals surface area contributed by atoms with Crippen molar-refractivity contribution in [2.75, 3.05) is 11.9 Å². The van der Waals surface area contributed by atoms with Crippen molar-refractivity contribution >= 4 is 37.6 Å². The first-order valence-electron chi connectivity index (χ1n) is 9.72. The summed E-state index contributed by atoms with van der Waals surface area (Å²) in [5.74, 6) is 0.820. The molecule has 6 heteroatoms. The van der Waals surface area contributed by atoms with E-state index < -0.39 is 0 Å². The van der Waals surface area contributed by atoms with Crippen LogP contribution >= 0.6 is 11.3 Å². The fourth-order valence-electron chi connectivity index (χ4n) is 3.90. The highest BCUT2D eigenvalue weighted by atomic mass is 32.1. The molecule has 0 radical (unpaired) electrons. The van der Waals surface area contributed by atoms with Crippen LogP contribution in [0, 0.1) is 0 Å². The summed E-state index contributed by atoms with van der Waals surface area (Å²) in [6, 6.07) is 0.0112. The number of unbranched alkanes of at least 4 members (excludes halogenated alkanes) is 1. The number of pyridine rings is 1. The topological polar surface area (TPSA) is 70.9 Å². The van der Waals surface area contributed by atoms with Gasteiger partial charge in [-0.1, -0.05) is 20.3 Å². The van der Waals surface area contributed by atoms with Gasteiger partial charge in [0.1, 0.15) is 17.0 Å². The summed E-state index contributed by atoms with van der Waals surface area (Å²) in [5, 5.41) is 14.1. The van der Waals surface area contributed by atoms with Gasteiger partial charge in [0.05, 0.1) is 22.9 Å². The Balaban J connectivity index is 1.89. The number of aromatic nitrogens is 3. The Morgan fingerprint density at radius 1 is 1.23 bits per heavy atom. The zero-order valence-corrected chi connectivity index (χ0v) is 16.3. The molecule has 0 fully saturated rings. The maximum atomic E-state index is 9.53. The van der Waals surface area contributed by atoms with Crippen LogP contribution < -0.4 is 5.32 Å². The van der Waals surface area contributed by atoms with Crippen molar-refractivity contribution in [2.45, 2.75) is 64.8 Å². The first-order valence-corrected chi connectivity index (χ1v) is 10.5. The van der Waals surface area contributed by atoms with E-state index in [1.165, 1.54) is 41.5 Å². The van der Waals surface area contributed by atoms with Crippen molar-refractivity contribution in [3.8, 4) is 0 Å². The van der Waals surface area contributed by atoms with Gasteiger partial charge in [-0.05, 0) is 49.7 Å². The third kappa shape index (κ3) is 2.95. The van der Waals surface area contributed by atoms with Crippen LogP contribution in [0.4, 0.5) is 5.82 Å². The molecule has 3 aromatic heterocycles. The molecule has 138 valence electrons. The second-order valence-electron chi connectivity index (χ2n) is 7.09. The molecule has 1 atom stereocenters. The fraction of sp³-hybridized carbons (Fsp3) is 0.550. The van der Waals surface area contributed by atoms with Crippen LogP contribution in [-0.4, -0.2) is 32.7 Å². The summed E-state index contributed by atoms with van der Waals surface area (Å²) in [4.78, 5) is 15.2. The normalized spacial score (nSPS) is 14.9. The van der Waals surface area contributed by atoms with E-state index in [1.54, 1.807) is 17.7 Å². The van der Waals surface area contributed by atoms with Gasteiger partial charge in [0.25, 0.3) is 0 Å². The van der Waals surface area contributed by atoms with E-state index in [-0.39, 0.29) is 12.6 Å². The van der Waals surface area contributed by atoms with Gasteiger partial charge in [0.2, 0.25) is 0 Å². The van der Waals surface area contributed by atoms with Crippen molar-refractivity contribution in [3.05, 3.63) is 23.1 Å². The predicted octanol–water partition coefficient (Wildman–Crippen LogP) is 4.25. The smallest absolute Gasteiger partial charge is 0.147 e. The maximum Gasteiger partial charge on any atom is 0.147 e. The van der Waals surface area contributed by atoms with Gasteiger partial charge in [0.15, 0.2) is 0 Å². The first-order chi connectivity index (χ1) is 12.8. The zero-order chi connectivity index (χ0) is 18.1. The van der Waals surface area contributed by atoms with Crippen molar-refractivity contribution in [3.63, 3.8) is 0 Å². The average molecular weight is 371 g/mol. The van der Waals surface area contributed by atoms with Crippen LogP contribution in [0.15, 0.2) is 6.33 Å². The number of hydrogen-bond donors (Lipinski definition) is 2. The Morgan fingerprint density at radius 3 is 2.85 bits per heavy atom. The monoisotopic (exact) mass is 370 g/mol. The van der Waals surface area contributed by atoms with Crippen LogP contribution in [0.3, 0.4) is 0 Å². The summed E-state index contributed by atoms with van der Waals surface area (Å²) in [5.41, 5.74) is 5.25. The molecule has 0 amide bonds. The quantitative estimate of drug-likeness (QED) is 0.650. The molecule has 1 aliphatic rings. The fourth-order valence-corrected chi connectivity index (χ4v) is 5.03. The standard InChI is InChI=1S/C20H26N4OS/c1-3-5-9-15-13-7-6-8-14(13)16-17-18(26-20(16)24-15)19(22-11-21-17)23-12(4-2)10-25/h11-12,25H,3-10H2,1-2H3,(H,21,22,23)/t12-/m1/s1. The minimum Gasteiger partial charge on any atom is -0.394 e. The third-order valence-electron chi connectivity index (χ3n) is 5.38. The molecule has 0 bridgehead atoms. The second-order valence-corrected chi connectivity index (χ2v) is 8.09. The number of aryl methyl sites for hydroxylation is 2. The van der Waals surface area contributed by atoms with Gasteiger partial charge in [-0.15, -0.1) is 11.3 Å². The van der Waals surface area contributed by atoms with E-state index in [4.69, 9.17) is 4.98 Å². The van der Waals surface area contributed by atoms with E-state index in [2.05, 4.69) is 29.1 Å². The maximum absolute atomic E-state index is 9.53. The van der Waals surface area contributed by atoms with Gasteiger partial charge in [-0.25, -0.2) is 15.0 Å². The lowest BCUT2D eigenvalue weighted by molar-refractivity contribution is 0.271. The Bertz CT molecular complexity index is 933. The minimum absolute atomic E-state index is 0.0112. The SMILES string of the molecule is CCCCc1nc2sc3c(N[C@H](CC)CO)ncnc3c2c2c1CCC2. The number of nitrogens with one attached hydrogen (secondary N) is 1. The molecular weight excluding hydrogens is 344 g/mol. The molecule has 3 aromatic rings.